The van der Waals surface area contributed by atoms with Gasteiger partial charge in [0.2, 0.25) is 0 Å². The molecular weight excluding hydrogens is 308 g/mol. The number of halogens is 2. The molecular formula is C15H9F2N3OS. The Morgan fingerprint density at radius 1 is 1.00 bits per heavy atom. The van der Waals surface area contributed by atoms with Gasteiger partial charge in [-0.15, -0.1) is 5.10 Å². The van der Waals surface area contributed by atoms with Gasteiger partial charge in [0, 0.05) is 5.56 Å². The van der Waals surface area contributed by atoms with Crippen molar-refractivity contribution in [2.24, 2.45) is 0 Å². The Labute approximate surface area is 128 Å². The van der Waals surface area contributed by atoms with Crippen LogP contribution < -0.4 is 5.32 Å². The van der Waals surface area contributed by atoms with Gasteiger partial charge in [0.15, 0.2) is 0 Å². The van der Waals surface area contributed by atoms with Gasteiger partial charge in [-0.25, -0.2) is 8.78 Å². The predicted molar refractivity (Wildman–Crippen MR) is 79.7 cm³/mol. The molecule has 0 aliphatic carbocycles. The molecule has 0 bridgehead atoms. The molecule has 1 amide bonds. The van der Waals surface area contributed by atoms with Crippen molar-refractivity contribution in [3.05, 3.63) is 65.0 Å². The molecule has 0 unspecified atom stereocenters. The minimum atomic E-state index is -0.841. The van der Waals surface area contributed by atoms with E-state index in [1.807, 2.05) is 6.07 Å². The van der Waals surface area contributed by atoms with Crippen molar-refractivity contribution in [3.63, 3.8) is 0 Å². The van der Waals surface area contributed by atoms with E-state index >= 15 is 0 Å². The first-order valence-electron chi connectivity index (χ1n) is 6.30. The zero-order valence-corrected chi connectivity index (χ0v) is 11.9. The number of aromatic nitrogens is 2. The van der Waals surface area contributed by atoms with Crippen LogP contribution in [0.5, 0.6) is 0 Å². The second kappa shape index (κ2) is 5.98. The van der Waals surface area contributed by atoms with E-state index in [-0.39, 0.29) is 4.88 Å². The molecule has 0 spiro atoms. The molecule has 7 heteroatoms. The average Bonchev–Trinajstić information content (AvgIpc) is 3.01. The van der Waals surface area contributed by atoms with Crippen molar-refractivity contribution in [3.8, 4) is 11.3 Å². The van der Waals surface area contributed by atoms with Crippen LogP contribution in [0.3, 0.4) is 0 Å². The standard InChI is InChI=1S/C15H9F2N3OS/c16-10-7-4-8-11(17)13(10)18-15(21)14-12(19-20-22-14)9-5-2-1-3-6-9/h1-8H,(H,18,21). The van der Waals surface area contributed by atoms with Gasteiger partial charge in [0.05, 0.1) is 0 Å². The maximum atomic E-state index is 13.6. The maximum absolute atomic E-state index is 13.6. The number of benzene rings is 2. The lowest BCUT2D eigenvalue weighted by atomic mass is 10.1. The summed E-state index contributed by atoms with van der Waals surface area (Å²) in [5, 5.41) is 6.15. The number of carbonyl (C=O) groups is 1. The Morgan fingerprint density at radius 2 is 1.68 bits per heavy atom. The van der Waals surface area contributed by atoms with Gasteiger partial charge < -0.3 is 5.32 Å². The second-order valence-corrected chi connectivity index (χ2v) is 5.12. The minimum Gasteiger partial charge on any atom is -0.316 e. The summed E-state index contributed by atoms with van der Waals surface area (Å²) < 4.78 is 30.9. The summed E-state index contributed by atoms with van der Waals surface area (Å²) >= 11 is 0.865. The molecule has 1 heterocycles. The van der Waals surface area contributed by atoms with Gasteiger partial charge in [-0.2, -0.15) is 0 Å². The third-order valence-electron chi connectivity index (χ3n) is 2.94. The fraction of sp³-hybridized carbons (Fsp3) is 0. The second-order valence-electron chi connectivity index (χ2n) is 4.37. The van der Waals surface area contributed by atoms with E-state index in [0.29, 0.717) is 11.3 Å². The molecule has 0 saturated heterocycles. The highest BCUT2D eigenvalue weighted by Gasteiger charge is 2.20. The number of anilines is 1. The van der Waals surface area contributed by atoms with E-state index in [0.717, 1.165) is 23.7 Å². The molecule has 0 fully saturated rings. The molecule has 0 aliphatic rings. The van der Waals surface area contributed by atoms with Crippen LogP contribution >= 0.6 is 11.5 Å². The van der Waals surface area contributed by atoms with Crippen molar-refractivity contribution < 1.29 is 13.6 Å². The highest BCUT2D eigenvalue weighted by Crippen LogP contribution is 2.26. The average molecular weight is 317 g/mol. The topological polar surface area (TPSA) is 54.9 Å². The summed E-state index contributed by atoms with van der Waals surface area (Å²) in [4.78, 5) is 12.4. The Balaban J connectivity index is 1.93. The summed E-state index contributed by atoms with van der Waals surface area (Å²) in [5.41, 5.74) is 0.593. The third-order valence-corrected chi connectivity index (χ3v) is 3.67. The summed E-state index contributed by atoms with van der Waals surface area (Å²) in [6.07, 6.45) is 0. The summed E-state index contributed by atoms with van der Waals surface area (Å²) in [7, 11) is 0. The first-order valence-corrected chi connectivity index (χ1v) is 7.07. The first-order chi connectivity index (χ1) is 10.7. The van der Waals surface area contributed by atoms with Crippen molar-refractivity contribution in [2.45, 2.75) is 0 Å². The predicted octanol–water partition coefficient (Wildman–Crippen LogP) is 3.74. The molecule has 1 N–H and O–H groups in total. The number of carbonyl (C=O) groups excluding carboxylic acids is 1. The number of nitrogens with zero attached hydrogens (tertiary/aromatic N) is 2. The number of rotatable bonds is 3. The van der Waals surface area contributed by atoms with Crippen LogP contribution in [0.15, 0.2) is 48.5 Å². The summed E-state index contributed by atoms with van der Waals surface area (Å²) in [6.45, 7) is 0. The van der Waals surface area contributed by atoms with Crippen molar-refractivity contribution >= 4 is 23.1 Å². The van der Waals surface area contributed by atoms with E-state index in [2.05, 4.69) is 14.9 Å². The molecule has 3 rings (SSSR count). The molecule has 0 radical (unpaired) electrons. The molecule has 2 aromatic carbocycles. The highest BCUT2D eigenvalue weighted by molar-refractivity contribution is 7.08. The van der Waals surface area contributed by atoms with Crippen LogP contribution in [0.2, 0.25) is 0 Å². The lowest BCUT2D eigenvalue weighted by Crippen LogP contribution is -2.14. The van der Waals surface area contributed by atoms with Gasteiger partial charge in [-0.05, 0) is 23.7 Å². The Bertz CT molecular complexity index is 800. The SMILES string of the molecule is O=C(Nc1c(F)cccc1F)c1snnc1-c1ccccc1. The quantitative estimate of drug-likeness (QED) is 0.800. The highest BCUT2D eigenvalue weighted by atomic mass is 32.1. The van der Waals surface area contributed by atoms with Crippen molar-refractivity contribution in [1.29, 1.82) is 0 Å². The fourth-order valence-corrected chi connectivity index (χ4v) is 2.50. The Kier molecular flexibility index (Phi) is 3.88. The first kappa shape index (κ1) is 14.3. The molecule has 0 atom stereocenters. The van der Waals surface area contributed by atoms with Crippen LogP contribution in [0.1, 0.15) is 9.67 Å². The van der Waals surface area contributed by atoms with E-state index in [1.54, 1.807) is 24.3 Å². The normalized spacial score (nSPS) is 10.5. The lowest BCUT2D eigenvalue weighted by molar-refractivity contribution is 0.103. The Morgan fingerprint density at radius 3 is 2.36 bits per heavy atom. The molecule has 1 aromatic heterocycles. The van der Waals surface area contributed by atoms with Gasteiger partial charge in [-0.1, -0.05) is 40.9 Å². The largest absolute Gasteiger partial charge is 0.316 e. The zero-order chi connectivity index (χ0) is 15.5. The summed E-state index contributed by atoms with van der Waals surface area (Å²) in [6, 6.07) is 12.3. The molecule has 0 saturated carbocycles. The van der Waals surface area contributed by atoms with Crippen molar-refractivity contribution in [2.75, 3.05) is 5.32 Å². The third kappa shape index (κ3) is 2.71. The van der Waals surface area contributed by atoms with Gasteiger partial charge >= 0.3 is 0 Å². The molecule has 0 aliphatic heterocycles. The van der Waals surface area contributed by atoms with Gasteiger partial charge in [0.25, 0.3) is 5.91 Å². The monoisotopic (exact) mass is 317 g/mol. The van der Waals surface area contributed by atoms with Crippen LogP contribution in [-0.4, -0.2) is 15.5 Å². The molecule has 3 aromatic rings. The smallest absolute Gasteiger partial charge is 0.269 e. The maximum Gasteiger partial charge on any atom is 0.269 e. The number of amides is 1. The molecule has 22 heavy (non-hydrogen) atoms. The number of nitrogens with one attached hydrogen (secondary N) is 1. The number of hydrogen-bond donors (Lipinski definition) is 1. The van der Waals surface area contributed by atoms with E-state index < -0.39 is 23.2 Å². The van der Waals surface area contributed by atoms with Crippen LogP contribution in [-0.2, 0) is 0 Å². The number of para-hydroxylation sites is 1. The van der Waals surface area contributed by atoms with E-state index in [4.69, 9.17) is 0 Å². The number of hydrogen-bond acceptors (Lipinski definition) is 4. The lowest BCUT2D eigenvalue weighted by Gasteiger charge is -2.06. The van der Waals surface area contributed by atoms with E-state index in [9.17, 15) is 13.6 Å². The van der Waals surface area contributed by atoms with Crippen molar-refractivity contribution in [1.82, 2.24) is 9.59 Å². The zero-order valence-electron chi connectivity index (χ0n) is 11.1. The van der Waals surface area contributed by atoms with Gasteiger partial charge in [-0.3, -0.25) is 4.79 Å². The fourth-order valence-electron chi connectivity index (χ4n) is 1.91. The molecule has 4 nitrogen and oxygen atoms in total. The minimum absolute atomic E-state index is 0.189. The Hall–Kier alpha value is -2.67. The summed E-state index contributed by atoms with van der Waals surface area (Å²) in [5.74, 6) is -2.34. The van der Waals surface area contributed by atoms with E-state index in [1.165, 1.54) is 6.07 Å². The van der Waals surface area contributed by atoms with Gasteiger partial charge in [0.1, 0.15) is 27.9 Å². The van der Waals surface area contributed by atoms with Crippen LogP contribution in [0.4, 0.5) is 14.5 Å². The van der Waals surface area contributed by atoms with Crippen LogP contribution in [0.25, 0.3) is 11.3 Å². The molecule has 110 valence electrons. The van der Waals surface area contributed by atoms with Crippen LogP contribution in [0, 0.1) is 11.6 Å².